The average molecular weight is 1140 g/mol. The van der Waals surface area contributed by atoms with Crippen molar-refractivity contribution in [3.63, 3.8) is 0 Å². The van der Waals surface area contributed by atoms with Crippen LogP contribution in [0, 0.1) is 53.2 Å². The van der Waals surface area contributed by atoms with Crippen LogP contribution in [0.2, 0.25) is 0 Å². The fourth-order valence-electron chi connectivity index (χ4n) is 7.85. The lowest BCUT2D eigenvalue weighted by molar-refractivity contribution is 0.494. The van der Waals surface area contributed by atoms with Gasteiger partial charge in [-0.15, -0.1) is 0 Å². The monoisotopic (exact) mass is 1140 g/mol. The summed E-state index contributed by atoms with van der Waals surface area (Å²) >= 11 is 0. The number of anilines is 1. The van der Waals surface area contributed by atoms with Crippen LogP contribution in [0.1, 0.15) is 269 Å². The van der Waals surface area contributed by atoms with Crippen molar-refractivity contribution < 1.29 is 8.78 Å². The molecule has 0 radical (unpaired) electrons. The van der Waals surface area contributed by atoms with Crippen molar-refractivity contribution >= 4 is 30.0 Å². The molecule has 0 atom stereocenters. The van der Waals surface area contributed by atoms with Gasteiger partial charge in [0, 0.05) is 17.4 Å². The van der Waals surface area contributed by atoms with E-state index in [9.17, 15) is 8.78 Å². The van der Waals surface area contributed by atoms with Gasteiger partial charge in [-0.25, -0.2) is 9.37 Å². The smallest absolute Gasteiger partial charge is 0.217 e. The summed E-state index contributed by atoms with van der Waals surface area (Å²) in [5.41, 5.74) is 18.8. The first-order valence-corrected chi connectivity index (χ1v) is 30.3. The highest BCUT2D eigenvalue weighted by atomic mass is 19.1. The highest BCUT2D eigenvalue weighted by Crippen LogP contribution is 2.32. The van der Waals surface area contributed by atoms with Crippen molar-refractivity contribution in [2.45, 2.75) is 249 Å². The predicted octanol–water partition coefficient (Wildman–Crippen LogP) is 24.1. The summed E-state index contributed by atoms with van der Waals surface area (Å²) in [4.78, 5) is 8.51. The van der Waals surface area contributed by atoms with Crippen molar-refractivity contribution in [2.24, 2.45) is 27.6 Å². The lowest BCUT2D eigenvalue weighted by atomic mass is 9.83. The summed E-state index contributed by atoms with van der Waals surface area (Å²) < 4.78 is 28.3. The first-order chi connectivity index (χ1) is 37.1. The van der Waals surface area contributed by atoms with Crippen LogP contribution < -0.4 is 5.73 Å². The Hall–Kier alpha value is -5.42. The van der Waals surface area contributed by atoms with Gasteiger partial charge < -0.3 is 5.73 Å². The van der Waals surface area contributed by atoms with Crippen molar-refractivity contribution in [1.82, 2.24) is 9.97 Å². The van der Waals surface area contributed by atoms with Gasteiger partial charge >= 0.3 is 0 Å². The second kappa shape index (κ2) is 31.6. The molecule has 2 heterocycles. The van der Waals surface area contributed by atoms with E-state index in [1.807, 2.05) is 98.0 Å². The van der Waals surface area contributed by atoms with Crippen LogP contribution in [0.4, 0.5) is 14.5 Å². The third kappa shape index (κ3) is 34.8. The Balaban J connectivity index is 0.00000100. The van der Waals surface area contributed by atoms with Crippen molar-refractivity contribution in [2.75, 3.05) is 5.73 Å². The first kappa shape index (κ1) is 77.6. The van der Waals surface area contributed by atoms with E-state index in [2.05, 4.69) is 261 Å². The average Bonchev–Trinajstić information content (AvgIpc) is 3.27. The van der Waals surface area contributed by atoms with Gasteiger partial charge in [-0.05, 0) is 155 Å². The van der Waals surface area contributed by atoms with Crippen LogP contribution in [0.3, 0.4) is 0 Å². The molecular formula is C78H121F2N3. The molecule has 3 aromatic carbocycles. The molecule has 0 aliphatic heterocycles. The lowest BCUT2D eigenvalue weighted by Crippen LogP contribution is -2.17. The van der Waals surface area contributed by atoms with Gasteiger partial charge in [0.1, 0.15) is 5.82 Å². The largest absolute Gasteiger partial charge is 0.399 e. The van der Waals surface area contributed by atoms with Gasteiger partial charge in [0.2, 0.25) is 5.95 Å². The molecule has 0 amide bonds. The molecule has 0 aliphatic rings. The van der Waals surface area contributed by atoms with E-state index in [1.165, 1.54) is 22.3 Å². The van der Waals surface area contributed by atoms with Gasteiger partial charge in [-0.2, -0.15) is 4.39 Å². The van der Waals surface area contributed by atoms with E-state index in [1.54, 1.807) is 6.07 Å². The number of hydrogen-bond acceptors (Lipinski definition) is 3. The fourth-order valence-corrected chi connectivity index (χ4v) is 7.85. The first-order valence-electron chi connectivity index (χ1n) is 30.3. The minimum atomic E-state index is -0.351. The molecule has 83 heavy (non-hydrogen) atoms. The van der Waals surface area contributed by atoms with Crippen molar-refractivity contribution in [1.29, 1.82) is 0 Å². The van der Waals surface area contributed by atoms with Crippen LogP contribution in [-0.2, 0) is 27.1 Å². The highest BCUT2D eigenvalue weighted by Gasteiger charge is 2.24. The summed E-state index contributed by atoms with van der Waals surface area (Å²) in [5.74, 6) is 0.382. The molecule has 0 fully saturated rings. The van der Waals surface area contributed by atoms with Gasteiger partial charge in [0.15, 0.2) is 0 Å². The molecule has 0 saturated heterocycles. The molecule has 0 spiro atoms. The Labute approximate surface area is 510 Å². The van der Waals surface area contributed by atoms with Gasteiger partial charge in [-0.3, -0.25) is 4.98 Å². The van der Waals surface area contributed by atoms with Gasteiger partial charge in [0.05, 0.1) is 11.4 Å². The number of benzene rings is 3. The summed E-state index contributed by atoms with van der Waals surface area (Å²) in [5, 5.41) is 0. The predicted molar refractivity (Wildman–Crippen MR) is 370 cm³/mol. The number of pyridine rings is 2. The minimum absolute atomic E-state index is 0.0781. The molecule has 0 aliphatic carbocycles. The summed E-state index contributed by atoms with van der Waals surface area (Å²) in [7, 11) is 0. The van der Waals surface area contributed by atoms with Gasteiger partial charge in [-0.1, -0.05) is 293 Å². The molecule has 0 saturated carbocycles. The third-order valence-electron chi connectivity index (χ3n) is 12.3. The fraction of sp³-hybridized carbons (Fsp3) is 0.538. The quantitative estimate of drug-likeness (QED) is 0.144. The van der Waals surface area contributed by atoms with Gasteiger partial charge in [0.25, 0.3) is 0 Å². The molecule has 3 nitrogen and oxygen atoms in total. The zero-order valence-corrected chi connectivity index (χ0v) is 59.0. The number of nitrogens with two attached hydrogens (primary N) is 1. The normalized spacial score (nSPS) is 12.9. The summed E-state index contributed by atoms with van der Waals surface area (Å²) in [6.45, 7) is 68.4. The maximum absolute atomic E-state index is 14.2. The second-order valence-corrected chi connectivity index (χ2v) is 32.7. The van der Waals surface area contributed by atoms with E-state index in [-0.39, 0.29) is 60.5 Å². The second-order valence-electron chi connectivity index (χ2n) is 32.7. The zero-order chi connectivity index (χ0) is 65.1. The number of aryl methyl sites for hydroxylation is 2. The summed E-state index contributed by atoms with van der Waals surface area (Å²) in [6.07, 6.45) is 18.8. The SMILES string of the molecule is CC(C)(C)/C=C/c1ccc(C(C)(C)C)cc1.CC(C)(C)/C=C/c1ccc(C(C)(C)C)cn1.CC(C)(C)c1ccc(N)cc1.CC(C)C.Cc1cc(/C=C/C(C)(C)C)cc(F)c1C(C)(C)C.Cc1cc(/C=C/C(C)(C)C)nc(F)c1C(C)(C)C. The van der Waals surface area contributed by atoms with Crippen LogP contribution in [0.5, 0.6) is 0 Å². The molecular weight excluding hydrogens is 1020 g/mol. The van der Waals surface area contributed by atoms with E-state index < -0.39 is 0 Å². The Morgan fingerprint density at radius 2 is 0.723 bits per heavy atom. The molecule has 5 heteroatoms. The Morgan fingerprint density at radius 1 is 0.386 bits per heavy atom. The number of allylic oxidation sites excluding steroid dienone is 4. The van der Waals surface area contributed by atoms with Crippen LogP contribution >= 0.6 is 0 Å². The Bertz CT molecular complexity index is 2590. The number of hydrogen-bond donors (Lipinski definition) is 1. The number of nitrogens with zero attached hydrogens (tertiary/aromatic N) is 2. The molecule has 5 aromatic rings. The van der Waals surface area contributed by atoms with Crippen LogP contribution in [-0.4, -0.2) is 9.97 Å². The van der Waals surface area contributed by atoms with E-state index >= 15 is 0 Å². The number of rotatable bonds is 4. The third-order valence-corrected chi connectivity index (χ3v) is 12.3. The molecule has 0 unspecified atom stereocenters. The molecule has 0 bridgehead atoms. The minimum Gasteiger partial charge on any atom is -0.399 e. The number of aromatic nitrogens is 2. The van der Waals surface area contributed by atoms with Crippen molar-refractivity contribution in [3.05, 3.63) is 183 Å². The summed E-state index contributed by atoms with van der Waals surface area (Å²) in [6, 6.07) is 26.8. The maximum atomic E-state index is 14.2. The molecule has 2 aromatic heterocycles. The Kier molecular flexibility index (Phi) is 29.6. The highest BCUT2D eigenvalue weighted by molar-refractivity contribution is 5.54. The molecule has 2 N–H and O–H groups in total. The maximum Gasteiger partial charge on any atom is 0.217 e. The van der Waals surface area contributed by atoms with Crippen molar-refractivity contribution in [3.8, 4) is 0 Å². The topological polar surface area (TPSA) is 51.8 Å². The standard InChI is InChI=1S/C17H25F.C16H24FN.C16H24.C15H23N.C10H15N.C4H10/c1-12-10-13(8-9-16(2,3)4)11-14(18)15(12)17(5,6)7;1-11-10-12(8-9-15(2,3)4)18-14(17)13(11)16(5,6)7;1-15(2,3)12-11-13-7-9-14(10-8-13)16(4,5)6;1-14(2,3)10-9-13-8-7-12(11-16-13)15(4,5)6;1-10(2,3)8-4-6-9(11)7-5-8;1-4(2)3/h8-11H,1-7H3;8-10H,1-7H3;7-12H,1-6H3;7-11H,1-6H3;4-7H,11H2,1-3H3;4H,1-3H3/b2*9-8+;12-11+;10-9+;;. The van der Waals surface area contributed by atoms with E-state index in [4.69, 9.17) is 5.73 Å². The van der Waals surface area contributed by atoms with Crippen LogP contribution in [0.15, 0.2) is 109 Å². The molecule has 5 rings (SSSR count). The van der Waals surface area contributed by atoms with Crippen LogP contribution in [0.25, 0.3) is 24.3 Å². The van der Waals surface area contributed by atoms with E-state index in [0.29, 0.717) is 11.3 Å². The zero-order valence-electron chi connectivity index (χ0n) is 59.0. The molecule has 462 valence electrons. The number of nitrogen functional groups attached to an aromatic ring is 1. The van der Waals surface area contributed by atoms with E-state index in [0.717, 1.165) is 39.6 Å². The number of halogens is 2. The Morgan fingerprint density at radius 3 is 1.05 bits per heavy atom. The lowest BCUT2D eigenvalue weighted by Gasteiger charge is -2.23.